The molecule has 0 saturated heterocycles. The Morgan fingerprint density at radius 1 is 0.531 bits per heavy atom. The Hall–Kier alpha value is -3.62. The smallest absolute Gasteiger partial charge is 0.0623 e. The van der Waals surface area contributed by atoms with Gasteiger partial charge in [0.05, 0.1) is 12.4 Å². The van der Waals surface area contributed by atoms with E-state index in [0.29, 0.717) is 6.04 Å². The van der Waals surface area contributed by atoms with E-state index < -0.39 is 0 Å². The number of nitrogens with zero attached hydrogens (tertiary/aromatic N) is 1. The van der Waals surface area contributed by atoms with Gasteiger partial charge in [-0.3, -0.25) is 0 Å². The SMILES string of the molecule is [2H]c1ccc2c(c1)c1cc(-c3ccc(Br)cc3)ccc1n2-c1ccc(-c2ccccc2)cc1. The van der Waals surface area contributed by atoms with Crippen LogP contribution in [-0.2, 0) is 0 Å². The Bertz CT molecular complexity index is 1600. The number of benzene rings is 5. The van der Waals surface area contributed by atoms with Gasteiger partial charge in [0.2, 0.25) is 0 Å². The topological polar surface area (TPSA) is 4.93 Å². The molecule has 152 valence electrons. The summed E-state index contributed by atoms with van der Waals surface area (Å²) in [5, 5.41) is 2.26. The predicted octanol–water partition coefficient (Wildman–Crippen LogP) is 8.88. The van der Waals surface area contributed by atoms with Crippen molar-refractivity contribution < 1.29 is 1.37 Å². The van der Waals surface area contributed by atoms with Crippen LogP contribution in [0.2, 0.25) is 0 Å². The summed E-state index contributed by atoms with van der Waals surface area (Å²) in [6.07, 6.45) is 0. The largest absolute Gasteiger partial charge is 0.309 e. The summed E-state index contributed by atoms with van der Waals surface area (Å²) < 4.78 is 11.6. The second-order valence-corrected chi connectivity index (χ2v) is 8.85. The lowest BCUT2D eigenvalue weighted by molar-refractivity contribution is 1.18. The number of hydrogen-bond donors (Lipinski definition) is 0. The molecule has 0 amide bonds. The van der Waals surface area contributed by atoms with E-state index in [-0.39, 0.29) is 0 Å². The minimum Gasteiger partial charge on any atom is -0.309 e. The molecule has 0 aliphatic carbocycles. The molecule has 32 heavy (non-hydrogen) atoms. The summed E-state index contributed by atoms with van der Waals surface area (Å²) in [7, 11) is 0. The maximum Gasteiger partial charge on any atom is 0.0623 e. The highest BCUT2D eigenvalue weighted by Gasteiger charge is 2.13. The molecule has 0 radical (unpaired) electrons. The van der Waals surface area contributed by atoms with Crippen LogP contribution in [0.1, 0.15) is 1.37 Å². The molecule has 1 nitrogen and oxygen atoms in total. The van der Waals surface area contributed by atoms with E-state index in [4.69, 9.17) is 1.37 Å². The predicted molar refractivity (Wildman–Crippen MR) is 139 cm³/mol. The average molecular weight is 475 g/mol. The van der Waals surface area contributed by atoms with Gasteiger partial charge in [-0.1, -0.05) is 94.8 Å². The van der Waals surface area contributed by atoms with E-state index in [1.807, 2.05) is 18.2 Å². The molecule has 0 unspecified atom stereocenters. The molecular weight excluding hydrogens is 454 g/mol. The number of fused-ring (bicyclic) bond motifs is 3. The van der Waals surface area contributed by atoms with Crippen molar-refractivity contribution in [2.24, 2.45) is 0 Å². The van der Waals surface area contributed by atoms with Gasteiger partial charge in [0.25, 0.3) is 0 Å². The van der Waals surface area contributed by atoms with Crippen LogP contribution in [0, 0.1) is 0 Å². The van der Waals surface area contributed by atoms with Gasteiger partial charge < -0.3 is 4.57 Å². The fourth-order valence-electron chi connectivity index (χ4n) is 4.44. The van der Waals surface area contributed by atoms with E-state index in [9.17, 15) is 0 Å². The zero-order valence-corrected chi connectivity index (χ0v) is 18.9. The first-order chi connectivity index (χ1) is 16.2. The van der Waals surface area contributed by atoms with Crippen LogP contribution in [0.25, 0.3) is 49.7 Å². The lowest BCUT2D eigenvalue weighted by atomic mass is 10.0. The normalized spacial score (nSPS) is 11.7. The molecule has 0 N–H and O–H groups in total. The minimum absolute atomic E-state index is 0.523. The summed E-state index contributed by atoms with van der Waals surface area (Å²) in [6.45, 7) is 0. The zero-order chi connectivity index (χ0) is 22.4. The van der Waals surface area contributed by atoms with E-state index in [1.165, 1.54) is 22.3 Å². The first kappa shape index (κ1) is 18.0. The first-order valence-electron chi connectivity index (χ1n) is 11.1. The fourth-order valence-corrected chi connectivity index (χ4v) is 4.71. The fraction of sp³-hybridized carbons (Fsp3) is 0. The average Bonchev–Trinajstić information content (AvgIpc) is 3.18. The maximum atomic E-state index is 8.22. The van der Waals surface area contributed by atoms with Gasteiger partial charge in [0.15, 0.2) is 0 Å². The summed E-state index contributed by atoms with van der Waals surface area (Å²) in [6, 6.07) is 40.6. The number of para-hydroxylation sites is 1. The van der Waals surface area contributed by atoms with Crippen LogP contribution < -0.4 is 0 Å². The molecule has 5 aromatic carbocycles. The van der Waals surface area contributed by atoms with E-state index >= 15 is 0 Å². The zero-order valence-electron chi connectivity index (χ0n) is 18.3. The number of halogens is 1. The van der Waals surface area contributed by atoms with Crippen LogP contribution in [0.4, 0.5) is 0 Å². The summed E-state index contributed by atoms with van der Waals surface area (Å²) in [5.74, 6) is 0. The van der Waals surface area contributed by atoms with Crippen molar-refractivity contribution in [1.29, 1.82) is 0 Å². The molecular formula is C30H20BrN. The highest BCUT2D eigenvalue weighted by atomic mass is 79.9. The highest BCUT2D eigenvalue weighted by molar-refractivity contribution is 9.10. The van der Waals surface area contributed by atoms with Crippen molar-refractivity contribution in [3.63, 3.8) is 0 Å². The molecule has 0 aliphatic heterocycles. The lowest BCUT2D eigenvalue weighted by Gasteiger charge is -2.10. The maximum absolute atomic E-state index is 8.22. The van der Waals surface area contributed by atoms with Gasteiger partial charge in [-0.05, 0) is 64.7 Å². The van der Waals surface area contributed by atoms with Gasteiger partial charge in [0, 0.05) is 20.9 Å². The van der Waals surface area contributed by atoms with Crippen molar-refractivity contribution >= 4 is 37.7 Å². The van der Waals surface area contributed by atoms with Gasteiger partial charge in [-0.15, -0.1) is 0 Å². The molecule has 0 bridgehead atoms. The molecule has 6 rings (SSSR count). The molecule has 0 spiro atoms. The van der Waals surface area contributed by atoms with Crippen molar-refractivity contribution in [1.82, 2.24) is 4.57 Å². The second-order valence-electron chi connectivity index (χ2n) is 7.93. The standard InChI is InChI=1S/C30H20BrN/c31-25-15-10-23(11-16-25)24-14-19-30-28(20-24)27-8-4-5-9-29(27)32(30)26-17-12-22(13-18-26)21-6-2-1-3-7-21/h1-20H/i4D. The minimum atomic E-state index is 0.523. The molecule has 0 saturated carbocycles. The number of rotatable bonds is 3. The van der Waals surface area contributed by atoms with E-state index in [2.05, 4.69) is 118 Å². The third-order valence-corrected chi connectivity index (χ3v) is 6.55. The third kappa shape index (κ3) is 3.24. The van der Waals surface area contributed by atoms with Crippen LogP contribution in [0.15, 0.2) is 126 Å². The monoisotopic (exact) mass is 474 g/mol. The lowest BCUT2D eigenvalue weighted by Crippen LogP contribution is -1.93. The van der Waals surface area contributed by atoms with Crippen LogP contribution in [-0.4, -0.2) is 4.57 Å². The molecule has 2 heteroatoms. The quantitative estimate of drug-likeness (QED) is 0.241. The second kappa shape index (κ2) is 7.81. The molecule has 0 aliphatic rings. The highest BCUT2D eigenvalue weighted by Crippen LogP contribution is 2.35. The summed E-state index contributed by atoms with van der Waals surface area (Å²) in [5.41, 5.74) is 8.13. The third-order valence-electron chi connectivity index (χ3n) is 6.02. The molecule has 0 fully saturated rings. The van der Waals surface area contributed by atoms with E-state index in [0.717, 1.165) is 32.0 Å². The molecule has 6 aromatic rings. The van der Waals surface area contributed by atoms with Crippen LogP contribution in [0.3, 0.4) is 0 Å². The van der Waals surface area contributed by atoms with Crippen molar-refractivity contribution in [2.75, 3.05) is 0 Å². The van der Waals surface area contributed by atoms with Gasteiger partial charge in [0.1, 0.15) is 0 Å². The summed E-state index contributed by atoms with van der Waals surface area (Å²) >= 11 is 3.52. The molecule has 1 heterocycles. The Morgan fingerprint density at radius 3 is 1.94 bits per heavy atom. The van der Waals surface area contributed by atoms with Crippen molar-refractivity contribution in [2.45, 2.75) is 0 Å². The Labute approximate surface area is 197 Å². The Balaban J connectivity index is 1.55. The number of aromatic nitrogens is 1. The van der Waals surface area contributed by atoms with Crippen molar-refractivity contribution in [3.05, 3.63) is 126 Å². The first-order valence-corrected chi connectivity index (χ1v) is 11.4. The molecule has 0 atom stereocenters. The number of hydrogen-bond acceptors (Lipinski definition) is 0. The summed E-state index contributed by atoms with van der Waals surface area (Å²) in [4.78, 5) is 0. The van der Waals surface area contributed by atoms with Gasteiger partial charge >= 0.3 is 0 Å². The van der Waals surface area contributed by atoms with Crippen molar-refractivity contribution in [3.8, 4) is 27.9 Å². The Kier molecular flexibility index (Phi) is 4.40. The van der Waals surface area contributed by atoms with Crippen LogP contribution >= 0.6 is 15.9 Å². The molecule has 1 aromatic heterocycles. The van der Waals surface area contributed by atoms with Gasteiger partial charge in [-0.25, -0.2) is 0 Å². The van der Waals surface area contributed by atoms with Gasteiger partial charge in [-0.2, -0.15) is 0 Å². The van der Waals surface area contributed by atoms with E-state index in [1.54, 1.807) is 0 Å². The van der Waals surface area contributed by atoms with Crippen LogP contribution in [0.5, 0.6) is 0 Å². The Morgan fingerprint density at radius 2 is 1.16 bits per heavy atom.